The van der Waals surface area contributed by atoms with E-state index in [-0.39, 0.29) is 23.3 Å². The summed E-state index contributed by atoms with van der Waals surface area (Å²) in [7, 11) is 3.55. The third-order valence-electron chi connectivity index (χ3n) is 5.59. The van der Waals surface area contributed by atoms with Gasteiger partial charge in [0.05, 0.1) is 18.2 Å². The van der Waals surface area contributed by atoms with Crippen LogP contribution < -0.4 is 10.1 Å². The first-order valence-electron chi connectivity index (χ1n) is 9.53. The molecule has 27 heavy (non-hydrogen) atoms. The highest BCUT2D eigenvalue weighted by atomic mass is 16.5. The minimum atomic E-state index is -0.198. The van der Waals surface area contributed by atoms with Crippen molar-refractivity contribution >= 4 is 17.6 Å². The maximum absolute atomic E-state index is 12.9. The normalized spacial score (nSPS) is 21.1. The van der Waals surface area contributed by atoms with Gasteiger partial charge in [-0.3, -0.25) is 4.79 Å². The highest BCUT2D eigenvalue weighted by molar-refractivity contribution is 5.92. The Kier molecular flexibility index (Phi) is 5.89. The fraction of sp³-hybridized carbons (Fsp3) is 0.600. The number of ether oxygens (including phenoxy) is 2. The molecule has 1 aromatic rings. The molecule has 1 spiro atoms. The van der Waals surface area contributed by atoms with Crippen molar-refractivity contribution in [2.45, 2.75) is 19.8 Å². The summed E-state index contributed by atoms with van der Waals surface area (Å²) in [6, 6.07) is 7.20. The van der Waals surface area contributed by atoms with E-state index in [0.29, 0.717) is 44.3 Å². The second-order valence-corrected chi connectivity index (χ2v) is 7.50. The molecule has 2 saturated heterocycles. The van der Waals surface area contributed by atoms with Crippen molar-refractivity contribution in [3.05, 3.63) is 24.3 Å². The lowest BCUT2D eigenvalue weighted by Crippen LogP contribution is -2.44. The lowest BCUT2D eigenvalue weighted by molar-refractivity contribution is -0.138. The number of rotatable bonds is 4. The van der Waals surface area contributed by atoms with Gasteiger partial charge >= 0.3 is 6.03 Å². The molecular formula is C20H29N3O4. The Hall–Kier alpha value is -2.28. The first-order valence-corrected chi connectivity index (χ1v) is 9.53. The fourth-order valence-electron chi connectivity index (χ4n) is 4.11. The number of nitrogens with zero attached hydrogens (tertiary/aromatic N) is 2. The SMILES string of the molecule is CCOc1ccccc1NC(=O)N1CC(C(=O)N(C)C)C2(CCOCC2)C1. The van der Waals surface area contributed by atoms with Gasteiger partial charge in [-0.2, -0.15) is 0 Å². The second-order valence-electron chi connectivity index (χ2n) is 7.50. The lowest BCUT2D eigenvalue weighted by atomic mass is 9.71. The molecule has 2 fully saturated rings. The predicted molar refractivity (Wildman–Crippen MR) is 103 cm³/mol. The van der Waals surface area contributed by atoms with Gasteiger partial charge in [-0.25, -0.2) is 4.79 Å². The molecule has 0 radical (unpaired) electrons. The Morgan fingerprint density at radius 3 is 2.67 bits per heavy atom. The fourth-order valence-corrected chi connectivity index (χ4v) is 4.11. The van der Waals surface area contributed by atoms with Gasteiger partial charge in [0.25, 0.3) is 0 Å². The van der Waals surface area contributed by atoms with Crippen LogP contribution in [0.3, 0.4) is 0 Å². The van der Waals surface area contributed by atoms with E-state index in [1.54, 1.807) is 23.9 Å². The molecule has 3 rings (SSSR count). The van der Waals surface area contributed by atoms with E-state index >= 15 is 0 Å². The van der Waals surface area contributed by atoms with Crippen LogP contribution in [0.15, 0.2) is 24.3 Å². The van der Waals surface area contributed by atoms with E-state index in [1.807, 2.05) is 31.2 Å². The van der Waals surface area contributed by atoms with E-state index in [2.05, 4.69) is 5.32 Å². The summed E-state index contributed by atoms with van der Waals surface area (Å²) in [6.45, 7) is 4.72. The van der Waals surface area contributed by atoms with Gasteiger partial charge in [0.2, 0.25) is 5.91 Å². The topological polar surface area (TPSA) is 71.1 Å². The maximum Gasteiger partial charge on any atom is 0.321 e. The molecule has 1 unspecified atom stereocenters. The molecule has 1 atom stereocenters. The molecule has 2 heterocycles. The quantitative estimate of drug-likeness (QED) is 0.877. The standard InChI is InChI=1S/C20H29N3O4/c1-4-27-17-8-6-5-7-16(17)21-19(25)23-13-15(18(24)22(2)3)20(14-23)9-11-26-12-10-20/h5-8,15H,4,9-14H2,1-3H3,(H,21,25). The van der Waals surface area contributed by atoms with Gasteiger partial charge < -0.3 is 24.6 Å². The predicted octanol–water partition coefficient (Wildman–Crippen LogP) is 2.43. The van der Waals surface area contributed by atoms with Crippen LogP contribution in [0.2, 0.25) is 0 Å². The molecule has 1 aromatic carbocycles. The van der Waals surface area contributed by atoms with E-state index in [0.717, 1.165) is 12.8 Å². The minimum Gasteiger partial charge on any atom is -0.492 e. The number of amides is 3. The zero-order chi connectivity index (χ0) is 19.4. The summed E-state index contributed by atoms with van der Waals surface area (Å²) in [5, 5.41) is 2.95. The van der Waals surface area contributed by atoms with Crippen LogP contribution >= 0.6 is 0 Å². The Balaban J connectivity index is 1.77. The van der Waals surface area contributed by atoms with Crippen molar-refractivity contribution < 1.29 is 19.1 Å². The molecule has 0 aromatic heterocycles. The first-order chi connectivity index (χ1) is 13.0. The Labute approximate surface area is 160 Å². The number of benzene rings is 1. The third-order valence-corrected chi connectivity index (χ3v) is 5.59. The van der Waals surface area contributed by atoms with Crippen molar-refractivity contribution in [2.75, 3.05) is 52.3 Å². The number of hydrogen-bond donors (Lipinski definition) is 1. The van der Waals surface area contributed by atoms with Gasteiger partial charge in [0.1, 0.15) is 5.75 Å². The highest BCUT2D eigenvalue weighted by Gasteiger charge is 2.52. The van der Waals surface area contributed by atoms with Gasteiger partial charge in [0, 0.05) is 45.8 Å². The molecule has 0 bridgehead atoms. The summed E-state index contributed by atoms with van der Waals surface area (Å²) in [4.78, 5) is 29.1. The molecule has 7 nitrogen and oxygen atoms in total. The molecular weight excluding hydrogens is 346 g/mol. The van der Waals surface area contributed by atoms with Crippen molar-refractivity contribution in [3.8, 4) is 5.75 Å². The van der Waals surface area contributed by atoms with E-state index in [9.17, 15) is 9.59 Å². The Morgan fingerprint density at radius 2 is 2.00 bits per heavy atom. The number of nitrogens with one attached hydrogen (secondary N) is 1. The van der Waals surface area contributed by atoms with Crippen molar-refractivity contribution in [1.29, 1.82) is 0 Å². The van der Waals surface area contributed by atoms with Crippen molar-refractivity contribution in [1.82, 2.24) is 9.80 Å². The van der Waals surface area contributed by atoms with Crippen LogP contribution in [0.4, 0.5) is 10.5 Å². The Morgan fingerprint density at radius 1 is 1.30 bits per heavy atom. The van der Waals surface area contributed by atoms with Crippen LogP contribution in [-0.4, -0.2) is 68.7 Å². The summed E-state index contributed by atoms with van der Waals surface area (Å²) >= 11 is 0. The average Bonchev–Trinajstić information content (AvgIpc) is 3.02. The zero-order valence-electron chi connectivity index (χ0n) is 16.4. The number of likely N-dealkylation sites (tertiary alicyclic amines) is 1. The molecule has 2 aliphatic rings. The van der Waals surface area contributed by atoms with Crippen molar-refractivity contribution in [2.24, 2.45) is 11.3 Å². The average molecular weight is 375 g/mol. The van der Waals surface area contributed by atoms with Crippen LogP contribution in [0.1, 0.15) is 19.8 Å². The highest BCUT2D eigenvalue weighted by Crippen LogP contribution is 2.45. The smallest absolute Gasteiger partial charge is 0.321 e. The molecule has 2 aliphatic heterocycles. The molecule has 3 amide bonds. The van der Waals surface area contributed by atoms with Crippen LogP contribution in [0.5, 0.6) is 5.75 Å². The Bertz CT molecular complexity index is 686. The van der Waals surface area contributed by atoms with Crippen LogP contribution in [0, 0.1) is 11.3 Å². The number of carbonyl (C=O) groups excluding carboxylic acids is 2. The molecule has 0 aliphatic carbocycles. The van der Waals surface area contributed by atoms with Gasteiger partial charge in [0.15, 0.2) is 0 Å². The van der Waals surface area contributed by atoms with E-state index in [4.69, 9.17) is 9.47 Å². The lowest BCUT2D eigenvalue weighted by Gasteiger charge is -2.37. The van der Waals surface area contributed by atoms with Crippen molar-refractivity contribution in [3.63, 3.8) is 0 Å². The third kappa shape index (κ3) is 4.03. The van der Waals surface area contributed by atoms with Gasteiger partial charge in [-0.1, -0.05) is 12.1 Å². The van der Waals surface area contributed by atoms with Crippen LogP contribution in [-0.2, 0) is 9.53 Å². The zero-order valence-corrected chi connectivity index (χ0v) is 16.4. The first kappa shape index (κ1) is 19.5. The summed E-state index contributed by atoms with van der Waals surface area (Å²) < 4.78 is 11.1. The largest absolute Gasteiger partial charge is 0.492 e. The van der Waals surface area contributed by atoms with E-state index < -0.39 is 0 Å². The monoisotopic (exact) mass is 375 g/mol. The number of urea groups is 1. The molecule has 0 saturated carbocycles. The number of anilines is 1. The maximum atomic E-state index is 12.9. The van der Waals surface area contributed by atoms with Gasteiger partial charge in [-0.15, -0.1) is 0 Å². The second kappa shape index (κ2) is 8.17. The molecule has 148 valence electrons. The van der Waals surface area contributed by atoms with Crippen LogP contribution in [0.25, 0.3) is 0 Å². The van der Waals surface area contributed by atoms with Gasteiger partial charge in [-0.05, 0) is 31.9 Å². The number of carbonyl (C=O) groups is 2. The molecule has 1 N–H and O–H groups in total. The molecule has 7 heteroatoms. The summed E-state index contributed by atoms with van der Waals surface area (Å²) in [5.74, 6) is 0.542. The number of hydrogen-bond acceptors (Lipinski definition) is 4. The van der Waals surface area contributed by atoms with E-state index in [1.165, 1.54) is 0 Å². The summed E-state index contributed by atoms with van der Waals surface area (Å²) in [5.41, 5.74) is 0.448. The summed E-state index contributed by atoms with van der Waals surface area (Å²) in [6.07, 6.45) is 1.60. The minimum absolute atomic E-state index is 0.0851. The number of para-hydroxylation sites is 2.